The van der Waals surface area contributed by atoms with Crippen molar-refractivity contribution in [3.05, 3.63) is 102 Å². The Morgan fingerprint density at radius 1 is 0.657 bits per heavy atom. The average Bonchev–Trinajstić information content (AvgIpc) is 2.84. The number of carbonyl (C=O) groups excluding carboxylic acids is 2. The predicted molar refractivity (Wildman–Crippen MR) is 125 cm³/mol. The van der Waals surface area contributed by atoms with E-state index in [4.69, 9.17) is 9.66 Å². The average molecular weight is 499 g/mol. The summed E-state index contributed by atoms with van der Waals surface area (Å²) in [5.74, 6) is -3.93. The fourth-order valence-corrected chi connectivity index (χ4v) is 3.49. The Morgan fingerprint density at radius 3 is 1.46 bits per heavy atom. The summed E-state index contributed by atoms with van der Waals surface area (Å²) >= 11 is 0. The Balaban J connectivity index is 0.000000283. The first-order valence-electron chi connectivity index (χ1n) is 10.2. The molecule has 0 radical (unpaired) electrons. The molecule has 9 nitrogen and oxygen atoms in total. The molecule has 0 atom stereocenters. The third kappa shape index (κ3) is 8.61. The maximum atomic E-state index is 12.1. The fraction of sp³-hybridized carbons (Fsp3) is 0.120. The van der Waals surface area contributed by atoms with Crippen molar-refractivity contribution in [3.8, 4) is 0 Å². The summed E-state index contributed by atoms with van der Waals surface area (Å²) in [4.78, 5) is 45.5. The maximum Gasteiger partial charge on any atom is 0.335 e. The van der Waals surface area contributed by atoms with Crippen LogP contribution in [0.1, 0.15) is 43.9 Å². The molecule has 0 bridgehead atoms. The van der Waals surface area contributed by atoms with Crippen LogP contribution in [-0.2, 0) is 14.9 Å². The molecule has 10 heteroatoms. The molecular weight excluding hydrogens is 476 g/mol. The van der Waals surface area contributed by atoms with Gasteiger partial charge in [0, 0.05) is 24.0 Å². The Hall–Kier alpha value is -4.15. The van der Waals surface area contributed by atoms with E-state index in [0.717, 1.165) is 12.1 Å². The third-order valence-electron chi connectivity index (χ3n) is 4.78. The van der Waals surface area contributed by atoms with Gasteiger partial charge in [0.25, 0.3) is 10.1 Å². The number of ketones is 2. The number of carbonyl (C=O) groups is 4. The second kappa shape index (κ2) is 12.4. The minimum absolute atomic E-state index is 0.183. The van der Waals surface area contributed by atoms with Crippen LogP contribution in [0.25, 0.3) is 0 Å². The molecule has 0 saturated heterocycles. The van der Waals surface area contributed by atoms with Crippen LogP contribution in [0.4, 0.5) is 0 Å². The normalized spacial score (nSPS) is 10.7. The van der Waals surface area contributed by atoms with E-state index in [0.29, 0.717) is 11.1 Å². The molecule has 0 aliphatic carbocycles. The van der Waals surface area contributed by atoms with E-state index in [1.54, 1.807) is 60.7 Å². The predicted octanol–water partition coefficient (Wildman–Crippen LogP) is 3.86. The van der Waals surface area contributed by atoms with Crippen LogP contribution in [0.2, 0.25) is 0 Å². The Kier molecular flexibility index (Phi) is 9.56. The number of aliphatic carboxylic acids is 1. The van der Waals surface area contributed by atoms with Gasteiger partial charge in [0.2, 0.25) is 0 Å². The highest BCUT2D eigenvalue weighted by atomic mass is 32.2. The summed E-state index contributed by atoms with van der Waals surface area (Å²) in [7, 11) is -4.32. The first-order valence-corrected chi connectivity index (χ1v) is 11.6. The molecule has 0 aliphatic rings. The lowest BCUT2D eigenvalue weighted by atomic mass is 9.92. The minimum atomic E-state index is -4.32. The molecule has 0 unspecified atom stereocenters. The van der Waals surface area contributed by atoms with E-state index in [1.165, 1.54) is 12.1 Å². The molecule has 35 heavy (non-hydrogen) atoms. The molecule has 0 aromatic heterocycles. The highest BCUT2D eigenvalue weighted by molar-refractivity contribution is 7.85. The SMILES string of the molecule is O=C(CC(CC(=O)c1ccccc1)C(=O)O)c1ccccc1.O=C(O)c1cccc(S(=O)(=O)O)c1. The zero-order chi connectivity index (χ0) is 26.0. The topological polar surface area (TPSA) is 163 Å². The molecule has 0 saturated carbocycles. The summed E-state index contributed by atoms with van der Waals surface area (Å²) in [5, 5.41) is 17.8. The van der Waals surface area contributed by atoms with Crippen LogP contribution in [0.3, 0.4) is 0 Å². The molecule has 182 valence electrons. The fourth-order valence-electron chi connectivity index (χ4n) is 2.97. The van der Waals surface area contributed by atoms with Crippen LogP contribution in [0.5, 0.6) is 0 Å². The summed E-state index contributed by atoms with van der Waals surface area (Å²) < 4.78 is 29.7. The number of rotatable bonds is 9. The molecule has 0 amide bonds. The van der Waals surface area contributed by atoms with Gasteiger partial charge >= 0.3 is 11.9 Å². The highest BCUT2D eigenvalue weighted by Crippen LogP contribution is 2.17. The first kappa shape index (κ1) is 27.1. The van der Waals surface area contributed by atoms with Gasteiger partial charge in [0.15, 0.2) is 11.6 Å². The molecule has 0 aliphatic heterocycles. The first-order chi connectivity index (χ1) is 16.5. The van der Waals surface area contributed by atoms with Crippen molar-refractivity contribution in [2.45, 2.75) is 17.7 Å². The minimum Gasteiger partial charge on any atom is -0.481 e. The summed E-state index contributed by atoms with van der Waals surface area (Å²) in [6.07, 6.45) is -0.365. The Morgan fingerprint density at radius 2 is 1.09 bits per heavy atom. The molecule has 3 N–H and O–H groups in total. The molecule has 3 rings (SSSR count). The van der Waals surface area contributed by atoms with Gasteiger partial charge in [-0.2, -0.15) is 8.42 Å². The van der Waals surface area contributed by atoms with Crippen molar-refractivity contribution >= 4 is 33.6 Å². The quantitative estimate of drug-likeness (QED) is 0.293. The molecule has 0 heterocycles. The number of benzene rings is 3. The van der Waals surface area contributed by atoms with Gasteiger partial charge < -0.3 is 10.2 Å². The molecule has 3 aromatic carbocycles. The van der Waals surface area contributed by atoms with E-state index in [1.807, 2.05) is 0 Å². The van der Waals surface area contributed by atoms with Gasteiger partial charge in [-0.15, -0.1) is 0 Å². The summed E-state index contributed by atoms with van der Waals surface area (Å²) in [5.41, 5.74) is 0.733. The van der Waals surface area contributed by atoms with Crippen LogP contribution in [0.15, 0.2) is 89.8 Å². The molecular formula is C25H22O9S. The summed E-state index contributed by atoms with van der Waals surface area (Å²) in [6.45, 7) is 0. The zero-order valence-electron chi connectivity index (χ0n) is 18.3. The van der Waals surface area contributed by atoms with Crippen LogP contribution >= 0.6 is 0 Å². The Bertz CT molecular complexity index is 1250. The van der Waals surface area contributed by atoms with E-state index in [9.17, 15) is 32.7 Å². The number of aromatic carboxylic acids is 1. The largest absolute Gasteiger partial charge is 0.481 e. The van der Waals surface area contributed by atoms with E-state index < -0.39 is 32.9 Å². The van der Waals surface area contributed by atoms with E-state index >= 15 is 0 Å². The number of Topliss-reactive ketones (excluding diaryl/α,β-unsaturated/α-hetero) is 2. The van der Waals surface area contributed by atoms with Gasteiger partial charge in [-0.05, 0) is 18.2 Å². The van der Waals surface area contributed by atoms with E-state index in [2.05, 4.69) is 0 Å². The van der Waals surface area contributed by atoms with Crippen LogP contribution < -0.4 is 0 Å². The number of carboxylic acids is 2. The Labute approximate surface area is 201 Å². The van der Waals surface area contributed by atoms with Gasteiger partial charge in [0.05, 0.1) is 16.4 Å². The molecule has 3 aromatic rings. The van der Waals surface area contributed by atoms with Crippen molar-refractivity contribution in [1.82, 2.24) is 0 Å². The number of hydrogen-bond acceptors (Lipinski definition) is 6. The van der Waals surface area contributed by atoms with Crippen molar-refractivity contribution in [1.29, 1.82) is 0 Å². The number of hydrogen-bond donors (Lipinski definition) is 3. The van der Waals surface area contributed by atoms with Gasteiger partial charge in [0.1, 0.15) is 0 Å². The second-order valence-corrected chi connectivity index (χ2v) is 8.75. The standard InChI is InChI=1S/C18H16O4.C7H6O5S/c19-16(13-7-3-1-4-8-13)11-15(18(21)22)12-17(20)14-9-5-2-6-10-14;8-7(9)5-2-1-3-6(4-5)13(10,11)12/h1-10,15H,11-12H2,(H,21,22);1-4H,(H,8,9)(H,10,11,12). The summed E-state index contributed by atoms with van der Waals surface area (Å²) in [6, 6.07) is 21.5. The maximum absolute atomic E-state index is 12.1. The monoisotopic (exact) mass is 498 g/mol. The van der Waals surface area contributed by atoms with Gasteiger partial charge in [-0.1, -0.05) is 66.7 Å². The van der Waals surface area contributed by atoms with Crippen molar-refractivity contribution in [3.63, 3.8) is 0 Å². The molecule has 0 spiro atoms. The highest BCUT2D eigenvalue weighted by Gasteiger charge is 2.25. The lowest BCUT2D eigenvalue weighted by Crippen LogP contribution is -2.21. The van der Waals surface area contributed by atoms with Crippen molar-refractivity contribution < 1.29 is 42.4 Å². The third-order valence-corrected chi connectivity index (χ3v) is 5.63. The number of carboxylic acid groups (broad SMARTS) is 2. The lowest BCUT2D eigenvalue weighted by Gasteiger charge is -2.11. The van der Waals surface area contributed by atoms with Crippen molar-refractivity contribution in [2.24, 2.45) is 5.92 Å². The van der Waals surface area contributed by atoms with E-state index in [-0.39, 0.29) is 30.0 Å². The second-order valence-electron chi connectivity index (χ2n) is 7.33. The zero-order valence-corrected chi connectivity index (χ0v) is 19.1. The van der Waals surface area contributed by atoms with Crippen LogP contribution in [-0.4, -0.2) is 46.7 Å². The smallest absolute Gasteiger partial charge is 0.335 e. The van der Waals surface area contributed by atoms with Gasteiger partial charge in [-0.3, -0.25) is 18.9 Å². The lowest BCUT2D eigenvalue weighted by molar-refractivity contribution is -0.141. The van der Waals surface area contributed by atoms with Crippen molar-refractivity contribution in [2.75, 3.05) is 0 Å². The van der Waals surface area contributed by atoms with Crippen LogP contribution in [0, 0.1) is 5.92 Å². The van der Waals surface area contributed by atoms with Gasteiger partial charge in [-0.25, -0.2) is 4.79 Å². The molecule has 0 fully saturated rings.